The van der Waals surface area contributed by atoms with E-state index in [0.29, 0.717) is 29.5 Å². The second-order valence-electron chi connectivity index (χ2n) is 9.60. The van der Waals surface area contributed by atoms with Crippen LogP contribution in [0.4, 0.5) is 0 Å². The molecule has 0 spiro atoms. The molecule has 2 aliphatic carbocycles. The molecule has 188 valence electrons. The van der Waals surface area contributed by atoms with Crippen LogP contribution in [0.15, 0.2) is 24.4 Å². The number of hydrogen-bond donors (Lipinski definition) is 3. The molecule has 4 rings (SSSR count). The van der Waals surface area contributed by atoms with E-state index in [1.165, 1.54) is 13.3 Å². The number of carboxylic acid groups (broad SMARTS) is 1. The summed E-state index contributed by atoms with van der Waals surface area (Å²) >= 11 is 0. The Kier molecular flexibility index (Phi) is 7.73. The molecule has 2 saturated carbocycles. The van der Waals surface area contributed by atoms with E-state index in [9.17, 15) is 24.3 Å². The van der Waals surface area contributed by atoms with E-state index in [1.54, 1.807) is 18.2 Å². The fraction of sp³-hybridized carbons (Fsp3) is 0.538. The molecule has 2 aromatic rings. The summed E-state index contributed by atoms with van der Waals surface area (Å²) in [6.45, 7) is -0.708. The predicted molar refractivity (Wildman–Crippen MR) is 129 cm³/mol. The fourth-order valence-electron chi connectivity index (χ4n) is 5.52. The molecule has 1 atom stereocenters. The van der Waals surface area contributed by atoms with E-state index in [1.807, 2.05) is 0 Å². The molecule has 1 heterocycles. The monoisotopic (exact) mass is 483 g/mol. The third-order valence-corrected chi connectivity index (χ3v) is 7.30. The molecule has 3 N–H and O–H groups in total. The molecule has 9 heteroatoms. The highest BCUT2D eigenvalue weighted by atomic mass is 16.5. The van der Waals surface area contributed by atoms with Crippen LogP contribution in [0.1, 0.15) is 68.1 Å². The minimum Gasteiger partial charge on any atom is -0.497 e. The van der Waals surface area contributed by atoms with Crippen LogP contribution in [0.25, 0.3) is 10.9 Å². The minimum absolute atomic E-state index is 0.0228. The summed E-state index contributed by atoms with van der Waals surface area (Å²) < 4.78 is 5.21. The number of nitrogens with zero attached hydrogens (tertiary/aromatic N) is 1. The normalized spacial score (nSPS) is 17.7. The number of aromatic amines is 1. The predicted octanol–water partition coefficient (Wildman–Crippen LogP) is 3.28. The lowest BCUT2D eigenvalue weighted by Crippen LogP contribution is -2.57. The van der Waals surface area contributed by atoms with Crippen LogP contribution in [0, 0.1) is 5.92 Å². The number of aromatic nitrogens is 1. The first-order valence-electron chi connectivity index (χ1n) is 12.4. The van der Waals surface area contributed by atoms with Crippen LogP contribution < -0.4 is 10.1 Å². The number of Topliss-reactive ketones (excluding diaryl/α,β-unsaturated/α-hetero) is 1. The smallest absolute Gasteiger partial charge is 0.323 e. The first-order valence-corrected chi connectivity index (χ1v) is 12.4. The van der Waals surface area contributed by atoms with Gasteiger partial charge in [0.25, 0.3) is 11.7 Å². The van der Waals surface area contributed by atoms with Gasteiger partial charge in [-0.3, -0.25) is 19.2 Å². The van der Waals surface area contributed by atoms with Gasteiger partial charge in [0.1, 0.15) is 18.3 Å². The number of nitrogens with one attached hydrogen (secondary N) is 2. The van der Waals surface area contributed by atoms with Gasteiger partial charge in [-0.1, -0.05) is 32.1 Å². The van der Waals surface area contributed by atoms with Crippen molar-refractivity contribution in [1.29, 1.82) is 0 Å². The summed E-state index contributed by atoms with van der Waals surface area (Å²) in [7, 11) is 1.53. The summed E-state index contributed by atoms with van der Waals surface area (Å²) in [6.07, 6.45) is 9.52. The second kappa shape index (κ2) is 10.9. The first kappa shape index (κ1) is 24.8. The van der Waals surface area contributed by atoms with Crippen molar-refractivity contribution >= 4 is 34.5 Å². The first-order chi connectivity index (χ1) is 16.9. The highest BCUT2D eigenvalue weighted by Gasteiger charge is 2.41. The van der Waals surface area contributed by atoms with Crippen LogP contribution in [0.5, 0.6) is 5.75 Å². The maximum absolute atomic E-state index is 13.6. The van der Waals surface area contributed by atoms with Crippen molar-refractivity contribution in [3.63, 3.8) is 0 Å². The Bertz CT molecular complexity index is 1100. The number of amides is 2. The molecule has 0 aliphatic heterocycles. The molecular formula is C26H33N3O6. The average molecular weight is 484 g/mol. The standard InChI is InChI=1S/C26H33N3O6/c1-35-18-11-12-19-20(14-27-21(19)13-18)24(32)26(34)29(15-22(30)31)23(16-7-3-2-4-8-16)25(33)28-17-9-5-6-10-17/h11-14,16-17,23,27H,2-10,15H2,1H3,(H,28,33)(H,30,31)/t23-/m1/s1. The summed E-state index contributed by atoms with van der Waals surface area (Å²) in [5.41, 5.74) is 0.759. The quantitative estimate of drug-likeness (QED) is 0.371. The topological polar surface area (TPSA) is 129 Å². The lowest BCUT2D eigenvalue weighted by atomic mass is 9.82. The number of hydrogen-bond acceptors (Lipinski definition) is 5. The van der Waals surface area contributed by atoms with Gasteiger partial charge in [-0.05, 0) is 43.7 Å². The van der Waals surface area contributed by atoms with E-state index in [-0.39, 0.29) is 23.4 Å². The number of ketones is 1. The fourth-order valence-corrected chi connectivity index (χ4v) is 5.52. The number of ether oxygens (including phenoxy) is 1. The third-order valence-electron chi connectivity index (χ3n) is 7.30. The van der Waals surface area contributed by atoms with Crippen molar-refractivity contribution in [2.75, 3.05) is 13.7 Å². The van der Waals surface area contributed by atoms with Gasteiger partial charge in [-0.15, -0.1) is 0 Å². The molecule has 2 aliphatic rings. The SMILES string of the molecule is COc1ccc2c(C(=O)C(=O)N(CC(=O)O)[C@@H](C(=O)NC3CCCC3)C3CCCCC3)c[nH]c2c1. The van der Waals surface area contributed by atoms with Crippen LogP contribution in [0.3, 0.4) is 0 Å². The number of methoxy groups -OCH3 is 1. The van der Waals surface area contributed by atoms with Gasteiger partial charge >= 0.3 is 5.97 Å². The zero-order valence-corrected chi connectivity index (χ0v) is 20.0. The highest BCUT2D eigenvalue weighted by molar-refractivity contribution is 6.45. The van der Waals surface area contributed by atoms with Gasteiger partial charge in [0.15, 0.2) is 0 Å². The van der Waals surface area contributed by atoms with E-state index in [0.717, 1.165) is 49.8 Å². The molecule has 1 aromatic heterocycles. The molecule has 0 unspecified atom stereocenters. The summed E-state index contributed by atoms with van der Waals surface area (Å²) in [4.78, 5) is 56.2. The Hall–Kier alpha value is -3.36. The molecule has 0 radical (unpaired) electrons. The van der Waals surface area contributed by atoms with Crippen molar-refractivity contribution in [2.24, 2.45) is 5.92 Å². The van der Waals surface area contributed by atoms with Crippen LogP contribution in [0.2, 0.25) is 0 Å². The van der Waals surface area contributed by atoms with E-state index in [2.05, 4.69) is 10.3 Å². The molecular weight excluding hydrogens is 450 g/mol. The van der Waals surface area contributed by atoms with E-state index < -0.39 is 30.2 Å². The van der Waals surface area contributed by atoms with E-state index >= 15 is 0 Å². The molecule has 2 fully saturated rings. The van der Waals surface area contributed by atoms with Crippen molar-refractivity contribution in [3.8, 4) is 5.75 Å². The number of rotatable bonds is 9. The Morgan fingerprint density at radius 3 is 2.43 bits per heavy atom. The minimum atomic E-state index is -1.26. The van der Waals surface area contributed by atoms with Crippen LogP contribution >= 0.6 is 0 Å². The zero-order valence-electron chi connectivity index (χ0n) is 20.0. The van der Waals surface area contributed by atoms with Crippen LogP contribution in [-0.4, -0.2) is 64.3 Å². The maximum atomic E-state index is 13.6. The Balaban J connectivity index is 1.65. The van der Waals surface area contributed by atoms with Crippen LogP contribution in [-0.2, 0) is 14.4 Å². The lowest BCUT2D eigenvalue weighted by molar-refractivity contribution is -0.148. The van der Waals surface area contributed by atoms with Gasteiger partial charge < -0.3 is 25.0 Å². The van der Waals surface area contributed by atoms with Gasteiger partial charge in [0.2, 0.25) is 5.91 Å². The number of carbonyl (C=O) groups excluding carboxylic acids is 3. The van der Waals surface area contributed by atoms with Gasteiger partial charge in [0, 0.05) is 29.2 Å². The van der Waals surface area contributed by atoms with E-state index in [4.69, 9.17) is 4.74 Å². The van der Waals surface area contributed by atoms with Gasteiger partial charge in [-0.2, -0.15) is 0 Å². The molecule has 0 saturated heterocycles. The van der Waals surface area contributed by atoms with Crippen molar-refractivity contribution in [3.05, 3.63) is 30.0 Å². The molecule has 2 amide bonds. The van der Waals surface area contributed by atoms with Gasteiger partial charge in [0.05, 0.1) is 12.7 Å². The Labute approximate surface area is 204 Å². The number of aliphatic carboxylic acids is 1. The Morgan fingerprint density at radius 1 is 1.09 bits per heavy atom. The zero-order chi connectivity index (χ0) is 24.9. The maximum Gasteiger partial charge on any atom is 0.323 e. The summed E-state index contributed by atoms with van der Waals surface area (Å²) in [6, 6.07) is 4.11. The molecule has 9 nitrogen and oxygen atoms in total. The number of fused-ring (bicyclic) bond motifs is 1. The highest BCUT2D eigenvalue weighted by Crippen LogP contribution is 2.31. The number of H-pyrrole nitrogens is 1. The van der Waals surface area contributed by atoms with Crippen molar-refractivity contribution in [2.45, 2.75) is 69.9 Å². The largest absolute Gasteiger partial charge is 0.497 e. The Morgan fingerprint density at radius 2 is 1.77 bits per heavy atom. The molecule has 1 aromatic carbocycles. The van der Waals surface area contributed by atoms with Crippen molar-refractivity contribution in [1.82, 2.24) is 15.2 Å². The van der Waals surface area contributed by atoms with Gasteiger partial charge in [-0.25, -0.2) is 0 Å². The lowest BCUT2D eigenvalue weighted by Gasteiger charge is -2.37. The summed E-state index contributed by atoms with van der Waals surface area (Å²) in [5.74, 6) is -3.01. The number of carbonyl (C=O) groups is 4. The molecule has 35 heavy (non-hydrogen) atoms. The average Bonchev–Trinajstić information content (AvgIpc) is 3.52. The summed E-state index contributed by atoms with van der Waals surface area (Å²) in [5, 5.41) is 13.2. The number of benzene rings is 1. The number of carboxylic acids is 1. The second-order valence-corrected chi connectivity index (χ2v) is 9.60. The van der Waals surface area contributed by atoms with Crippen molar-refractivity contribution < 1.29 is 29.0 Å². The molecule has 0 bridgehead atoms. The third kappa shape index (κ3) is 5.49.